The SMILES string of the molecule is CC(=O)NC1(c2ccc(F)cc2)CCN(CC(=O)NC2CCCCC2C)CC1. The van der Waals surface area contributed by atoms with Gasteiger partial charge in [-0.05, 0) is 49.3 Å². The second-order valence-corrected chi connectivity index (χ2v) is 8.48. The number of carbonyl (C=O) groups is 2. The van der Waals surface area contributed by atoms with E-state index in [9.17, 15) is 14.0 Å². The molecule has 2 fully saturated rings. The minimum Gasteiger partial charge on any atom is -0.352 e. The summed E-state index contributed by atoms with van der Waals surface area (Å²) >= 11 is 0. The van der Waals surface area contributed by atoms with E-state index in [4.69, 9.17) is 0 Å². The first-order valence-corrected chi connectivity index (χ1v) is 10.4. The molecule has 0 aromatic heterocycles. The Morgan fingerprint density at radius 3 is 2.39 bits per heavy atom. The van der Waals surface area contributed by atoms with Gasteiger partial charge in [0.25, 0.3) is 0 Å². The minimum atomic E-state index is -0.496. The number of piperidine rings is 1. The van der Waals surface area contributed by atoms with Crippen molar-refractivity contribution in [3.8, 4) is 0 Å². The molecule has 2 atom stereocenters. The van der Waals surface area contributed by atoms with Crippen LogP contribution in [0.15, 0.2) is 24.3 Å². The number of carbonyl (C=O) groups excluding carboxylic acids is 2. The fourth-order valence-electron chi connectivity index (χ4n) is 4.67. The second kappa shape index (κ2) is 9.03. The van der Waals surface area contributed by atoms with Gasteiger partial charge in [-0.2, -0.15) is 0 Å². The lowest BCUT2D eigenvalue weighted by Gasteiger charge is -2.42. The highest BCUT2D eigenvalue weighted by Gasteiger charge is 2.37. The van der Waals surface area contributed by atoms with E-state index in [2.05, 4.69) is 22.5 Å². The Kier molecular flexibility index (Phi) is 6.70. The van der Waals surface area contributed by atoms with E-state index in [1.165, 1.54) is 38.3 Å². The Labute approximate surface area is 167 Å². The van der Waals surface area contributed by atoms with Crippen LogP contribution in [-0.4, -0.2) is 42.4 Å². The van der Waals surface area contributed by atoms with Crippen LogP contribution in [0.2, 0.25) is 0 Å². The Morgan fingerprint density at radius 1 is 1.14 bits per heavy atom. The Hall–Kier alpha value is -1.95. The van der Waals surface area contributed by atoms with Gasteiger partial charge >= 0.3 is 0 Å². The molecule has 1 saturated heterocycles. The average molecular weight is 390 g/mol. The maximum absolute atomic E-state index is 13.3. The van der Waals surface area contributed by atoms with E-state index in [1.807, 2.05) is 0 Å². The number of hydrogen-bond acceptors (Lipinski definition) is 3. The van der Waals surface area contributed by atoms with Gasteiger partial charge < -0.3 is 10.6 Å². The Morgan fingerprint density at radius 2 is 1.79 bits per heavy atom. The van der Waals surface area contributed by atoms with Crippen LogP contribution in [0.5, 0.6) is 0 Å². The van der Waals surface area contributed by atoms with Crippen molar-refractivity contribution in [2.45, 2.75) is 64.0 Å². The highest BCUT2D eigenvalue weighted by molar-refractivity contribution is 5.78. The number of nitrogens with zero attached hydrogens (tertiary/aromatic N) is 1. The quantitative estimate of drug-likeness (QED) is 0.814. The monoisotopic (exact) mass is 389 g/mol. The van der Waals surface area contributed by atoms with E-state index in [0.717, 1.165) is 12.0 Å². The molecule has 2 N–H and O–H groups in total. The smallest absolute Gasteiger partial charge is 0.234 e. The zero-order valence-electron chi connectivity index (χ0n) is 17.0. The van der Waals surface area contributed by atoms with E-state index in [0.29, 0.717) is 44.4 Å². The number of amides is 2. The number of nitrogens with one attached hydrogen (secondary N) is 2. The van der Waals surface area contributed by atoms with Crippen molar-refractivity contribution in [2.24, 2.45) is 5.92 Å². The highest BCUT2D eigenvalue weighted by atomic mass is 19.1. The average Bonchev–Trinajstić information content (AvgIpc) is 2.65. The van der Waals surface area contributed by atoms with Gasteiger partial charge in [0, 0.05) is 26.1 Å². The van der Waals surface area contributed by atoms with E-state index in [1.54, 1.807) is 12.1 Å². The molecule has 6 heteroatoms. The van der Waals surface area contributed by atoms with E-state index >= 15 is 0 Å². The summed E-state index contributed by atoms with van der Waals surface area (Å²) in [5, 5.41) is 6.30. The van der Waals surface area contributed by atoms with Crippen LogP contribution in [-0.2, 0) is 15.1 Å². The van der Waals surface area contributed by atoms with Crippen LogP contribution < -0.4 is 10.6 Å². The molecular weight excluding hydrogens is 357 g/mol. The molecule has 28 heavy (non-hydrogen) atoms. The zero-order chi connectivity index (χ0) is 20.1. The summed E-state index contributed by atoms with van der Waals surface area (Å²) in [6, 6.07) is 6.66. The summed E-state index contributed by atoms with van der Waals surface area (Å²) in [7, 11) is 0. The molecule has 5 nitrogen and oxygen atoms in total. The van der Waals surface area contributed by atoms with Crippen molar-refractivity contribution in [3.63, 3.8) is 0 Å². The molecule has 2 aliphatic rings. The van der Waals surface area contributed by atoms with Gasteiger partial charge in [-0.1, -0.05) is 31.9 Å². The summed E-state index contributed by atoms with van der Waals surface area (Å²) in [6.45, 7) is 5.55. The molecule has 1 heterocycles. The third-order valence-electron chi connectivity index (χ3n) is 6.35. The Bertz CT molecular complexity index is 684. The largest absolute Gasteiger partial charge is 0.352 e. The maximum atomic E-state index is 13.3. The zero-order valence-corrected chi connectivity index (χ0v) is 17.0. The fourth-order valence-corrected chi connectivity index (χ4v) is 4.67. The maximum Gasteiger partial charge on any atom is 0.234 e. The van der Waals surface area contributed by atoms with Gasteiger partial charge in [-0.15, -0.1) is 0 Å². The molecule has 1 saturated carbocycles. The third-order valence-corrected chi connectivity index (χ3v) is 6.35. The number of likely N-dealkylation sites (tertiary alicyclic amines) is 1. The predicted octanol–water partition coefficient (Wildman–Crippen LogP) is 2.95. The first kappa shape index (κ1) is 20.8. The summed E-state index contributed by atoms with van der Waals surface area (Å²) in [5.74, 6) is 0.257. The highest BCUT2D eigenvalue weighted by Crippen LogP contribution is 2.33. The van der Waals surface area contributed by atoms with Crippen molar-refractivity contribution in [1.29, 1.82) is 0 Å². The molecule has 3 rings (SSSR count). The number of halogens is 1. The second-order valence-electron chi connectivity index (χ2n) is 8.48. The van der Waals surface area contributed by atoms with Crippen LogP contribution in [0.25, 0.3) is 0 Å². The van der Waals surface area contributed by atoms with Crippen molar-refractivity contribution < 1.29 is 14.0 Å². The van der Waals surface area contributed by atoms with Crippen LogP contribution in [0.3, 0.4) is 0 Å². The van der Waals surface area contributed by atoms with Crippen LogP contribution in [0, 0.1) is 11.7 Å². The molecule has 154 valence electrons. The number of rotatable bonds is 5. The van der Waals surface area contributed by atoms with Gasteiger partial charge in [-0.3, -0.25) is 14.5 Å². The molecule has 0 spiro atoms. The van der Waals surface area contributed by atoms with Gasteiger partial charge in [0.05, 0.1) is 12.1 Å². The summed E-state index contributed by atoms with van der Waals surface area (Å²) in [6.07, 6.45) is 6.11. The van der Waals surface area contributed by atoms with Gasteiger partial charge in [0.2, 0.25) is 11.8 Å². The first-order chi connectivity index (χ1) is 13.4. The van der Waals surface area contributed by atoms with Crippen molar-refractivity contribution in [3.05, 3.63) is 35.6 Å². The molecule has 2 unspecified atom stereocenters. The first-order valence-electron chi connectivity index (χ1n) is 10.4. The van der Waals surface area contributed by atoms with E-state index < -0.39 is 5.54 Å². The van der Waals surface area contributed by atoms with Crippen molar-refractivity contribution in [2.75, 3.05) is 19.6 Å². The molecule has 1 aliphatic carbocycles. The fraction of sp³-hybridized carbons (Fsp3) is 0.636. The van der Waals surface area contributed by atoms with Crippen molar-refractivity contribution >= 4 is 11.8 Å². The summed E-state index contributed by atoms with van der Waals surface area (Å²) in [5.41, 5.74) is 0.425. The summed E-state index contributed by atoms with van der Waals surface area (Å²) in [4.78, 5) is 26.5. The van der Waals surface area contributed by atoms with Crippen LogP contribution in [0.4, 0.5) is 4.39 Å². The number of hydrogen-bond donors (Lipinski definition) is 2. The standard InChI is InChI=1S/C22H32FN3O2/c1-16-5-3-4-6-20(16)24-21(28)15-26-13-11-22(12-14-26,25-17(2)27)18-7-9-19(23)10-8-18/h7-10,16,20H,3-6,11-15H2,1-2H3,(H,24,28)(H,25,27). The number of benzene rings is 1. The molecule has 0 bridgehead atoms. The Balaban J connectivity index is 1.58. The third kappa shape index (κ3) is 5.10. The van der Waals surface area contributed by atoms with Crippen LogP contribution >= 0.6 is 0 Å². The van der Waals surface area contributed by atoms with Gasteiger partial charge in [-0.25, -0.2) is 4.39 Å². The lowest BCUT2D eigenvalue weighted by Crippen LogP contribution is -2.54. The lowest BCUT2D eigenvalue weighted by molar-refractivity contribution is -0.125. The van der Waals surface area contributed by atoms with Gasteiger partial charge in [0.1, 0.15) is 5.82 Å². The molecule has 2 amide bonds. The molecule has 1 aliphatic heterocycles. The predicted molar refractivity (Wildman–Crippen MR) is 107 cm³/mol. The molecule has 0 radical (unpaired) electrons. The normalized spacial score (nSPS) is 25.1. The molecule has 1 aromatic carbocycles. The van der Waals surface area contributed by atoms with Crippen LogP contribution in [0.1, 0.15) is 57.9 Å². The minimum absolute atomic E-state index is 0.0903. The molecular formula is C22H32FN3O2. The lowest BCUT2D eigenvalue weighted by atomic mass is 9.80. The van der Waals surface area contributed by atoms with Crippen molar-refractivity contribution in [1.82, 2.24) is 15.5 Å². The summed E-state index contributed by atoms with van der Waals surface area (Å²) < 4.78 is 13.3. The van der Waals surface area contributed by atoms with Gasteiger partial charge in [0.15, 0.2) is 0 Å². The van der Waals surface area contributed by atoms with E-state index in [-0.39, 0.29) is 17.6 Å². The topological polar surface area (TPSA) is 61.4 Å². The molecule has 1 aromatic rings.